The molecule has 2 rings (SSSR count). The fraction of sp³-hybridized carbons (Fsp3) is 0.308. The number of nitro groups is 1. The highest BCUT2D eigenvalue weighted by molar-refractivity contribution is 7.89. The van der Waals surface area contributed by atoms with Gasteiger partial charge in [0.25, 0.3) is 5.69 Å². The van der Waals surface area contributed by atoms with Crippen LogP contribution in [0.4, 0.5) is 17.1 Å². The fourth-order valence-electron chi connectivity index (χ4n) is 1.85. The SMILES string of the molecule is CC(C)(C)n1cc(Nc2ccc(S(N)(=O)=O)cc2[N+](=O)[O-])cn1. The molecule has 0 bridgehead atoms. The number of primary sulfonamides is 1. The van der Waals surface area contributed by atoms with E-state index >= 15 is 0 Å². The molecule has 1 aromatic carbocycles. The first kappa shape index (κ1) is 16.9. The second-order valence-corrected chi connectivity index (χ2v) is 7.51. The maximum absolute atomic E-state index is 11.3. The molecule has 1 aromatic heterocycles. The van der Waals surface area contributed by atoms with E-state index < -0.39 is 14.9 Å². The predicted molar refractivity (Wildman–Crippen MR) is 85.0 cm³/mol. The van der Waals surface area contributed by atoms with Crippen molar-refractivity contribution in [2.75, 3.05) is 5.32 Å². The summed E-state index contributed by atoms with van der Waals surface area (Å²) in [4.78, 5) is 10.2. The van der Waals surface area contributed by atoms with Crippen LogP contribution < -0.4 is 10.5 Å². The zero-order valence-electron chi connectivity index (χ0n) is 12.8. The van der Waals surface area contributed by atoms with Crippen LogP contribution in [-0.4, -0.2) is 23.1 Å². The summed E-state index contributed by atoms with van der Waals surface area (Å²) in [5.74, 6) is 0. The minimum atomic E-state index is -4.01. The maximum Gasteiger partial charge on any atom is 0.294 e. The van der Waals surface area contributed by atoms with Gasteiger partial charge in [-0.05, 0) is 32.9 Å². The highest BCUT2D eigenvalue weighted by atomic mass is 32.2. The molecule has 0 aliphatic heterocycles. The summed E-state index contributed by atoms with van der Waals surface area (Å²) in [6, 6.07) is 3.43. The van der Waals surface area contributed by atoms with Crippen LogP contribution in [0, 0.1) is 10.1 Å². The number of anilines is 2. The van der Waals surface area contributed by atoms with Crippen molar-refractivity contribution >= 4 is 27.1 Å². The highest BCUT2D eigenvalue weighted by Crippen LogP contribution is 2.30. The van der Waals surface area contributed by atoms with Gasteiger partial charge in [0.15, 0.2) is 0 Å². The van der Waals surface area contributed by atoms with E-state index in [4.69, 9.17) is 5.14 Å². The summed E-state index contributed by atoms with van der Waals surface area (Å²) in [5.41, 5.74) is 0.0749. The third-order valence-electron chi connectivity index (χ3n) is 3.04. The summed E-state index contributed by atoms with van der Waals surface area (Å²) >= 11 is 0. The van der Waals surface area contributed by atoms with Crippen LogP contribution in [0.1, 0.15) is 20.8 Å². The second-order valence-electron chi connectivity index (χ2n) is 5.95. The third-order valence-corrected chi connectivity index (χ3v) is 3.95. The van der Waals surface area contributed by atoms with Crippen molar-refractivity contribution in [1.29, 1.82) is 0 Å². The van der Waals surface area contributed by atoms with Crippen molar-refractivity contribution in [2.24, 2.45) is 5.14 Å². The molecule has 0 unspecified atom stereocenters. The van der Waals surface area contributed by atoms with Crippen LogP contribution in [-0.2, 0) is 15.6 Å². The molecule has 23 heavy (non-hydrogen) atoms. The van der Waals surface area contributed by atoms with Crippen LogP contribution in [0.2, 0.25) is 0 Å². The standard InChI is InChI=1S/C13H17N5O4S/c1-13(2,3)17-8-9(7-15-17)16-11-5-4-10(23(14,21)22)6-12(11)18(19)20/h4-8,16H,1-3H3,(H2,14,21,22). The molecule has 0 saturated carbocycles. The Kier molecular flexibility index (Phi) is 4.14. The number of nitrogens with one attached hydrogen (secondary N) is 1. The van der Waals surface area contributed by atoms with Crippen molar-refractivity contribution in [3.05, 3.63) is 40.7 Å². The Labute approximate surface area is 133 Å². The van der Waals surface area contributed by atoms with Gasteiger partial charge >= 0.3 is 0 Å². The van der Waals surface area contributed by atoms with Gasteiger partial charge in [-0.3, -0.25) is 14.8 Å². The van der Waals surface area contributed by atoms with Gasteiger partial charge in [-0.2, -0.15) is 5.10 Å². The van der Waals surface area contributed by atoms with Gasteiger partial charge in [0.2, 0.25) is 10.0 Å². The van der Waals surface area contributed by atoms with E-state index in [1.165, 1.54) is 18.3 Å². The number of hydrogen-bond acceptors (Lipinski definition) is 6. The highest BCUT2D eigenvalue weighted by Gasteiger charge is 2.20. The van der Waals surface area contributed by atoms with Crippen molar-refractivity contribution in [3.63, 3.8) is 0 Å². The van der Waals surface area contributed by atoms with Crippen molar-refractivity contribution < 1.29 is 13.3 Å². The Morgan fingerprint density at radius 1 is 1.35 bits per heavy atom. The Morgan fingerprint density at radius 3 is 2.48 bits per heavy atom. The van der Waals surface area contributed by atoms with Gasteiger partial charge in [0.1, 0.15) is 5.69 Å². The van der Waals surface area contributed by atoms with Gasteiger partial charge in [-0.25, -0.2) is 13.6 Å². The van der Waals surface area contributed by atoms with Gasteiger partial charge in [0, 0.05) is 12.3 Å². The van der Waals surface area contributed by atoms with Crippen molar-refractivity contribution in [2.45, 2.75) is 31.2 Å². The quantitative estimate of drug-likeness (QED) is 0.646. The molecule has 10 heteroatoms. The van der Waals surface area contributed by atoms with Crippen LogP contribution in [0.3, 0.4) is 0 Å². The number of aromatic nitrogens is 2. The third kappa shape index (κ3) is 3.85. The minimum Gasteiger partial charge on any atom is -0.347 e. The average molecular weight is 339 g/mol. The summed E-state index contributed by atoms with van der Waals surface area (Å²) in [7, 11) is -4.01. The first-order chi connectivity index (χ1) is 10.5. The molecule has 1 heterocycles. The lowest BCUT2D eigenvalue weighted by molar-refractivity contribution is -0.384. The van der Waals surface area contributed by atoms with E-state index in [-0.39, 0.29) is 21.8 Å². The van der Waals surface area contributed by atoms with Gasteiger partial charge in [0.05, 0.1) is 27.2 Å². The maximum atomic E-state index is 11.3. The first-order valence-electron chi connectivity index (χ1n) is 6.62. The minimum absolute atomic E-state index is 0.149. The Balaban J connectivity index is 2.40. The number of hydrogen-bond donors (Lipinski definition) is 2. The van der Waals surface area contributed by atoms with Crippen molar-refractivity contribution in [3.8, 4) is 0 Å². The molecule has 9 nitrogen and oxygen atoms in total. The lowest BCUT2D eigenvalue weighted by atomic mass is 10.1. The van der Waals surface area contributed by atoms with E-state index in [9.17, 15) is 18.5 Å². The molecule has 2 aromatic rings. The molecule has 0 aliphatic carbocycles. The predicted octanol–water partition coefficient (Wildman–Crippen LogP) is 1.94. The first-order valence-corrected chi connectivity index (χ1v) is 8.16. The topological polar surface area (TPSA) is 133 Å². The zero-order valence-corrected chi connectivity index (χ0v) is 13.7. The lowest BCUT2D eigenvalue weighted by Gasteiger charge is -2.18. The molecule has 0 spiro atoms. The lowest BCUT2D eigenvalue weighted by Crippen LogP contribution is -2.21. The summed E-state index contributed by atoms with van der Waals surface area (Å²) < 4.78 is 24.3. The monoisotopic (exact) mass is 339 g/mol. The molecule has 0 aliphatic rings. The molecule has 0 radical (unpaired) electrons. The van der Waals surface area contributed by atoms with E-state index in [1.807, 2.05) is 20.8 Å². The van der Waals surface area contributed by atoms with E-state index in [1.54, 1.807) is 10.9 Å². The van der Waals surface area contributed by atoms with Crippen LogP contribution in [0.15, 0.2) is 35.5 Å². The number of sulfonamides is 1. The van der Waals surface area contributed by atoms with Crippen molar-refractivity contribution in [1.82, 2.24) is 9.78 Å². The molecular formula is C13H17N5O4S. The van der Waals surface area contributed by atoms with Crippen LogP contribution >= 0.6 is 0 Å². The molecule has 0 atom stereocenters. The number of nitrogens with zero attached hydrogens (tertiary/aromatic N) is 3. The summed E-state index contributed by atoms with van der Waals surface area (Å²) in [6.45, 7) is 5.90. The van der Waals surface area contributed by atoms with Crippen LogP contribution in [0.25, 0.3) is 0 Å². The second kappa shape index (κ2) is 5.63. The normalized spacial score (nSPS) is 12.2. The average Bonchev–Trinajstić information content (AvgIpc) is 2.86. The smallest absolute Gasteiger partial charge is 0.294 e. The largest absolute Gasteiger partial charge is 0.347 e. The molecule has 3 N–H and O–H groups in total. The van der Waals surface area contributed by atoms with Crippen LogP contribution in [0.5, 0.6) is 0 Å². The van der Waals surface area contributed by atoms with E-state index in [2.05, 4.69) is 10.4 Å². The Morgan fingerprint density at radius 2 is 2.00 bits per heavy atom. The number of rotatable bonds is 4. The molecular weight excluding hydrogens is 322 g/mol. The molecule has 124 valence electrons. The fourth-order valence-corrected chi connectivity index (χ4v) is 2.39. The Hall–Kier alpha value is -2.46. The number of nitrogens with two attached hydrogens (primary N) is 1. The van der Waals surface area contributed by atoms with Gasteiger partial charge < -0.3 is 5.32 Å². The van der Waals surface area contributed by atoms with Gasteiger partial charge in [-0.1, -0.05) is 0 Å². The van der Waals surface area contributed by atoms with Gasteiger partial charge in [-0.15, -0.1) is 0 Å². The Bertz CT molecular complexity index is 851. The number of nitro benzene ring substituents is 1. The zero-order chi connectivity index (χ0) is 17.4. The molecule has 0 amide bonds. The molecule has 0 fully saturated rings. The van der Waals surface area contributed by atoms with E-state index in [0.717, 1.165) is 6.07 Å². The summed E-state index contributed by atoms with van der Waals surface area (Å²) in [6.07, 6.45) is 3.24. The molecule has 0 saturated heterocycles. The van der Waals surface area contributed by atoms with E-state index in [0.29, 0.717) is 5.69 Å². The summed E-state index contributed by atoms with van der Waals surface area (Å²) in [5, 5.41) is 23.2. The number of benzene rings is 1.